The molecule has 2 rings (SSSR count). The van der Waals surface area contributed by atoms with Gasteiger partial charge in [-0.1, -0.05) is 32.4 Å². The molecule has 2 heterocycles. The van der Waals surface area contributed by atoms with Crippen LogP contribution in [0.1, 0.15) is 36.8 Å². The highest BCUT2D eigenvalue weighted by molar-refractivity contribution is 6.29. The van der Waals surface area contributed by atoms with E-state index < -0.39 is 0 Å². The Kier molecular flexibility index (Phi) is 4.28. The summed E-state index contributed by atoms with van der Waals surface area (Å²) in [4.78, 5) is 22.5. The van der Waals surface area contributed by atoms with Crippen molar-refractivity contribution in [2.45, 2.75) is 26.2 Å². The van der Waals surface area contributed by atoms with Gasteiger partial charge in [-0.15, -0.1) is 0 Å². The van der Waals surface area contributed by atoms with Crippen molar-refractivity contribution in [2.75, 3.05) is 11.9 Å². The number of carbonyl (C=O) groups is 1. The number of hydrogen-bond donors (Lipinski definition) is 0. The molecule has 110 valence electrons. The molecular weight excluding hydrogens is 286 g/mol. The van der Waals surface area contributed by atoms with E-state index in [4.69, 9.17) is 11.6 Å². The molecule has 0 radical (unpaired) electrons. The standard InChI is InChI=1S/C16H18ClN3O/c1-16(2,3)13-8-11(9-14(17)19-13)15(21)20(4)12-6-5-7-18-10-12/h5-10H,1-4H3. The van der Waals surface area contributed by atoms with Gasteiger partial charge in [-0.2, -0.15) is 0 Å². The summed E-state index contributed by atoms with van der Waals surface area (Å²) in [5, 5.41) is 0.324. The molecule has 0 bridgehead atoms. The Bertz CT molecular complexity index is 650. The fraction of sp³-hybridized carbons (Fsp3) is 0.312. The molecule has 0 aliphatic rings. The maximum absolute atomic E-state index is 12.6. The zero-order chi connectivity index (χ0) is 15.6. The van der Waals surface area contributed by atoms with E-state index in [1.54, 1.807) is 42.5 Å². The van der Waals surface area contributed by atoms with Crippen LogP contribution in [0.5, 0.6) is 0 Å². The first kappa shape index (κ1) is 15.4. The molecule has 0 fully saturated rings. The van der Waals surface area contributed by atoms with Gasteiger partial charge >= 0.3 is 0 Å². The number of aromatic nitrogens is 2. The van der Waals surface area contributed by atoms with E-state index in [0.717, 1.165) is 11.4 Å². The van der Waals surface area contributed by atoms with E-state index in [9.17, 15) is 4.79 Å². The molecule has 0 unspecified atom stereocenters. The van der Waals surface area contributed by atoms with Crippen LogP contribution in [-0.2, 0) is 5.41 Å². The Morgan fingerprint density at radius 3 is 2.57 bits per heavy atom. The van der Waals surface area contributed by atoms with E-state index >= 15 is 0 Å². The highest BCUT2D eigenvalue weighted by Crippen LogP contribution is 2.24. The van der Waals surface area contributed by atoms with Crippen molar-refractivity contribution in [2.24, 2.45) is 0 Å². The van der Waals surface area contributed by atoms with Crippen molar-refractivity contribution in [3.05, 3.63) is 53.1 Å². The Balaban J connectivity index is 2.38. The van der Waals surface area contributed by atoms with Crippen LogP contribution < -0.4 is 4.90 Å². The van der Waals surface area contributed by atoms with Crippen LogP contribution in [0, 0.1) is 0 Å². The van der Waals surface area contributed by atoms with Gasteiger partial charge in [-0.25, -0.2) is 4.98 Å². The van der Waals surface area contributed by atoms with E-state index in [1.165, 1.54) is 0 Å². The second-order valence-corrected chi connectivity index (χ2v) is 6.28. The number of hydrogen-bond acceptors (Lipinski definition) is 3. The molecule has 0 N–H and O–H groups in total. The lowest BCUT2D eigenvalue weighted by molar-refractivity contribution is 0.0992. The molecule has 0 aliphatic heterocycles. The van der Waals surface area contributed by atoms with Crippen LogP contribution in [0.25, 0.3) is 0 Å². The van der Waals surface area contributed by atoms with Crippen LogP contribution in [-0.4, -0.2) is 22.9 Å². The maximum Gasteiger partial charge on any atom is 0.258 e. The zero-order valence-corrected chi connectivity index (χ0v) is 13.3. The van der Waals surface area contributed by atoms with Crippen molar-refractivity contribution < 1.29 is 4.79 Å². The molecule has 0 saturated heterocycles. The first-order valence-electron chi connectivity index (χ1n) is 6.65. The molecule has 4 nitrogen and oxygen atoms in total. The summed E-state index contributed by atoms with van der Waals surface area (Å²) in [6.07, 6.45) is 3.31. The SMILES string of the molecule is CN(C(=O)c1cc(Cl)nc(C(C)(C)C)c1)c1cccnc1. The lowest BCUT2D eigenvalue weighted by Crippen LogP contribution is -2.27. The van der Waals surface area contributed by atoms with Gasteiger partial charge in [0.15, 0.2) is 0 Å². The van der Waals surface area contributed by atoms with Gasteiger partial charge in [-0.05, 0) is 24.3 Å². The number of nitrogens with zero attached hydrogens (tertiary/aromatic N) is 3. The van der Waals surface area contributed by atoms with Crippen LogP contribution in [0.4, 0.5) is 5.69 Å². The Morgan fingerprint density at radius 2 is 2.00 bits per heavy atom. The van der Waals surface area contributed by atoms with Crippen molar-refractivity contribution in [3.63, 3.8) is 0 Å². The van der Waals surface area contributed by atoms with Crippen LogP contribution in [0.15, 0.2) is 36.7 Å². The zero-order valence-electron chi connectivity index (χ0n) is 12.6. The fourth-order valence-electron chi connectivity index (χ4n) is 1.87. The third-order valence-corrected chi connectivity index (χ3v) is 3.34. The first-order chi connectivity index (χ1) is 9.79. The molecule has 2 aromatic heterocycles. The largest absolute Gasteiger partial charge is 0.310 e. The average molecular weight is 304 g/mol. The van der Waals surface area contributed by atoms with E-state index in [0.29, 0.717) is 10.7 Å². The first-order valence-corrected chi connectivity index (χ1v) is 7.03. The van der Waals surface area contributed by atoms with Gasteiger partial charge in [0.2, 0.25) is 0 Å². The highest BCUT2D eigenvalue weighted by atomic mass is 35.5. The molecule has 21 heavy (non-hydrogen) atoms. The van der Waals surface area contributed by atoms with Gasteiger partial charge in [0.1, 0.15) is 5.15 Å². The Morgan fingerprint density at radius 1 is 1.29 bits per heavy atom. The topological polar surface area (TPSA) is 46.1 Å². The predicted octanol–water partition coefficient (Wildman–Crippen LogP) is 3.70. The van der Waals surface area contributed by atoms with Gasteiger partial charge in [0.25, 0.3) is 5.91 Å². The van der Waals surface area contributed by atoms with Crippen molar-refractivity contribution in [1.82, 2.24) is 9.97 Å². The number of rotatable bonds is 2. The van der Waals surface area contributed by atoms with Crippen LogP contribution in [0.2, 0.25) is 5.15 Å². The second-order valence-electron chi connectivity index (χ2n) is 5.89. The summed E-state index contributed by atoms with van der Waals surface area (Å²) >= 11 is 6.06. The predicted molar refractivity (Wildman–Crippen MR) is 84.9 cm³/mol. The molecule has 0 spiro atoms. The third kappa shape index (κ3) is 3.58. The van der Waals surface area contributed by atoms with Gasteiger partial charge in [0.05, 0.1) is 11.9 Å². The van der Waals surface area contributed by atoms with Gasteiger partial charge in [-0.3, -0.25) is 9.78 Å². The second kappa shape index (κ2) is 5.82. The van der Waals surface area contributed by atoms with Gasteiger partial charge < -0.3 is 4.90 Å². The number of halogens is 1. The summed E-state index contributed by atoms with van der Waals surface area (Å²) in [5.41, 5.74) is 1.87. The number of pyridine rings is 2. The summed E-state index contributed by atoms with van der Waals surface area (Å²) in [6, 6.07) is 7.00. The minimum atomic E-state index is -0.174. The lowest BCUT2D eigenvalue weighted by atomic mass is 9.91. The number of anilines is 1. The molecular formula is C16H18ClN3O. The van der Waals surface area contributed by atoms with Crippen molar-refractivity contribution in [1.29, 1.82) is 0 Å². The Hall–Kier alpha value is -1.94. The summed E-state index contributed by atoms with van der Waals surface area (Å²) in [5.74, 6) is -0.141. The Labute approximate surface area is 129 Å². The minimum Gasteiger partial charge on any atom is -0.310 e. The molecule has 0 aliphatic carbocycles. The quantitative estimate of drug-likeness (QED) is 0.795. The van der Waals surface area contributed by atoms with Crippen LogP contribution in [0.3, 0.4) is 0 Å². The van der Waals surface area contributed by atoms with Crippen LogP contribution >= 0.6 is 11.6 Å². The third-order valence-electron chi connectivity index (χ3n) is 3.15. The normalized spacial score (nSPS) is 11.3. The molecule has 1 amide bonds. The van der Waals surface area contributed by atoms with Gasteiger partial charge in [0, 0.05) is 29.9 Å². The smallest absolute Gasteiger partial charge is 0.258 e. The van der Waals surface area contributed by atoms with E-state index in [2.05, 4.69) is 9.97 Å². The van der Waals surface area contributed by atoms with Crippen molar-refractivity contribution in [3.8, 4) is 0 Å². The number of amides is 1. The summed E-state index contributed by atoms with van der Waals surface area (Å²) in [6.45, 7) is 6.10. The average Bonchev–Trinajstić information content (AvgIpc) is 2.45. The summed E-state index contributed by atoms with van der Waals surface area (Å²) < 4.78 is 0. The number of carbonyl (C=O) groups excluding carboxylic acids is 1. The molecule has 0 saturated carbocycles. The fourth-order valence-corrected chi connectivity index (χ4v) is 2.08. The molecule has 0 atom stereocenters. The van der Waals surface area contributed by atoms with Crippen molar-refractivity contribution >= 4 is 23.2 Å². The lowest BCUT2D eigenvalue weighted by Gasteiger charge is -2.21. The molecule has 2 aromatic rings. The molecule has 5 heteroatoms. The highest BCUT2D eigenvalue weighted by Gasteiger charge is 2.21. The van der Waals surface area contributed by atoms with E-state index in [1.807, 2.05) is 26.8 Å². The summed E-state index contributed by atoms with van der Waals surface area (Å²) in [7, 11) is 1.71. The maximum atomic E-state index is 12.6. The monoisotopic (exact) mass is 303 g/mol. The van der Waals surface area contributed by atoms with E-state index in [-0.39, 0.29) is 11.3 Å². The molecule has 0 aromatic carbocycles. The minimum absolute atomic E-state index is 0.141.